The number of fused-ring (bicyclic) bond motifs is 2. The van der Waals surface area contributed by atoms with Gasteiger partial charge in [0.15, 0.2) is 0 Å². The van der Waals surface area contributed by atoms with Crippen LogP contribution in [0.2, 0.25) is 5.02 Å². The van der Waals surface area contributed by atoms with Crippen molar-refractivity contribution < 1.29 is 18.3 Å². The van der Waals surface area contributed by atoms with Crippen LogP contribution in [0.15, 0.2) is 35.5 Å². The highest BCUT2D eigenvalue weighted by atomic mass is 35.5. The lowest BCUT2D eigenvalue weighted by atomic mass is 10.1. The van der Waals surface area contributed by atoms with Gasteiger partial charge in [-0.15, -0.1) is 0 Å². The molecule has 0 radical (unpaired) electrons. The largest absolute Gasteiger partial charge is 0.465 e. The predicted octanol–water partition coefficient (Wildman–Crippen LogP) is 2.40. The van der Waals surface area contributed by atoms with E-state index in [9.17, 15) is 18.3 Å². The van der Waals surface area contributed by atoms with Gasteiger partial charge in [-0.2, -0.15) is 4.31 Å². The van der Waals surface area contributed by atoms with E-state index < -0.39 is 16.1 Å². The van der Waals surface area contributed by atoms with Gasteiger partial charge < -0.3 is 10.0 Å². The van der Waals surface area contributed by atoms with E-state index in [0.717, 1.165) is 0 Å². The van der Waals surface area contributed by atoms with Crippen molar-refractivity contribution in [2.24, 2.45) is 0 Å². The summed E-state index contributed by atoms with van der Waals surface area (Å²) in [6.07, 6.45) is 3.03. The number of hydrogen-bond acceptors (Lipinski definition) is 4. The number of benzene rings is 1. The smallest absolute Gasteiger partial charge is 0.407 e. The number of sulfonamides is 1. The van der Waals surface area contributed by atoms with Crippen LogP contribution in [-0.2, 0) is 10.0 Å². The molecule has 7 nitrogen and oxygen atoms in total. The molecule has 2 aromatic rings. The Kier molecular flexibility index (Phi) is 3.86. The molecule has 1 N–H and O–H groups in total. The third kappa shape index (κ3) is 2.47. The third-order valence-corrected chi connectivity index (χ3v) is 7.31. The fourth-order valence-corrected chi connectivity index (χ4v) is 6.24. The second kappa shape index (κ2) is 5.82. The van der Waals surface area contributed by atoms with Crippen molar-refractivity contribution in [1.82, 2.24) is 14.2 Å². The minimum atomic E-state index is -3.79. The van der Waals surface area contributed by atoms with E-state index in [1.807, 2.05) is 0 Å². The van der Waals surface area contributed by atoms with E-state index in [1.54, 1.807) is 24.4 Å². The predicted molar refractivity (Wildman–Crippen MR) is 92.2 cm³/mol. The quantitative estimate of drug-likeness (QED) is 0.862. The second-order valence-electron chi connectivity index (χ2n) is 6.28. The van der Waals surface area contributed by atoms with Gasteiger partial charge in [0, 0.05) is 42.3 Å². The number of halogens is 1. The van der Waals surface area contributed by atoms with Crippen molar-refractivity contribution in [2.75, 3.05) is 13.1 Å². The minimum absolute atomic E-state index is 0.145. The molecule has 2 fully saturated rings. The molecule has 3 heterocycles. The van der Waals surface area contributed by atoms with E-state index in [-0.39, 0.29) is 22.0 Å². The summed E-state index contributed by atoms with van der Waals surface area (Å²) in [5, 5.41) is 10.7. The molecule has 0 saturated carbocycles. The van der Waals surface area contributed by atoms with Crippen LogP contribution < -0.4 is 0 Å². The van der Waals surface area contributed by atoms with Crippen LogP contribution in [-0.4, -0.2) is 59.0 Å². The van der Waals surface area contributed by atoms with E-state index in [4.69, 9.17) is 11.6 Å². The number of pyridine rings is 1. The average molecular weight is 382 g/mol. The average Bonchev–Trinajstić information content (AvgIpc) is 3.16. The van der Waals surface area contributed by atoms with Crippen LogP contribution in [0.1, 0.15) is 12.8 Å². The zero-order valence-electron chi connectivity index (χ0n) is 13.2. The fourth-order valence-electron chi connectivity index (χ4n) is 3.98. The second-order valence-corrected chi connectivity index (χ2v) is 8.55. The first-order valence-electron chi connectivity index (χ1n) is 7.95. The van der Waals surface area contributed by atoms with Crippen molar-refractivity contribution in [3.05, 3.63) is 35.6 Å². The molecule has 1 aromatic heterocycles. The number of carboxylic acid groups (broad SMARTS) is 1. The Bertz CT molecular complexity index is 960. The highest BCUT2D eigenvalue weighted by Gasteiger charge is 2.49. The standard InChI is InChI=1S/C16H16ClN3O4S/c17-11-9-18-8-10-2-1-3-14(15(10)11)25(23,24)20-7-5-12-13(20)4-6-19(12)16(21)22/h1-3,8-9,12-13H,4-7H2,(H,21,22). The molecule has 2 aliphatic heterocycles. The Labute approximate surface area is 149 Å². The van der Waals surface area contributed by atoms with Crippen LogP contribution in [0, 0.1) is 0 Å². The zero-order chi connectivity index (χ0) is 17.8. The lowest BCUT2D eigenvalue weighted by molar-refractivity contribution is 0.139. The third-order valence-electron chi connectivity index (χ3n) is 5.06. The summed E-state index contributed by atoms with van der Waals surface area (Å²) in [7, 11) is -3.79. The molecule has 132 valence electrons. The van der Waals surface area contributed by atoms with E-state index >= 15 is 0 Å². The molecule has 2 unspecified atom stereocenters. The Morgan fingerprint density at radius 1 is 1.20 bits per heavy atom. The zero-order valence-corrected chi connectivity index (χ0v) is 14.7. The summed E-state index contributed by atoms with van der Waals surface area (Å²) in [6.45, 7) is 0.664. The first-order chi connectivity index (χ1) is 11.9. The van der Waals surface area contributed by atoms with Crippen molar-refractivity contribution in [3.63, 3.8) is 0 Å². The van der Waals surface area contributed by atoms with E-state index in [0.29, 0.717) is 36.7 Å². The molecule has 0 aliphatic carbocycles. The molecule has 1 amide bonds. The maximum atomic E-state index is 13.3. The van der Waals surface area contributed by atoms with Gasteiger partial charge in [-0.1, -0.05) is 23.7 Å². The van der Waals surface area contributed by atoms with E-state index in [2.05, 4.69) is 4.98 Å². The van der Waals surface area contributed by atoms with Crippen molar-refractivity contribution in [2.45, 2.75) is 29.8 Å². The van der Waals surface area contributed by atoms with Gasteiger partial charge in [-0.05, 0) is 18.9 Å². The lowest BCUT2D eigenvalue weighted by Crippen LogP contribution is -2.41. The topological polar surface area (TPSA) is 90.8 Å². The van der Waals surface area contributed by atoms with Crippen LogP contribution in [0.4, 0.5) is 4.79 Å². The molecule has 25 heavy (non-hydrogen) atoms. The van der Waals surface area contributed by atoms with Gasteiger partial charge in [-0.25, -0.2) is 13.2 Å². The number of likely N-dealkylation sites (tertiary alicyclic amines) is 1. The summed E-state index contributed by atoms with van der Waals surface area (Å²) < 4.78 is 28.0. The van der Waals surface area contributed by atoms with Crippen molar-refractivity contribution in [3.8, 4) is 0 Å². The molecular formula is C16H16ClN3O4S. The maximum Gasteiger partial charge on any atom is 0.407 e. The lowest BCUT2D eigenvalue weighted by Gasteiger charge is -2.24. The highest BCUT2D eigenvalue weighted by Crippen LogP contribution is 2.38. The number of hydrogen-bond donors (Lipinski definition) is 1. The van der Waals surface area contributed by atoms with Gasteiger partial charge in [0.25, 0.3) is 0 Å². The Morgan fingerprint density at radius 2 is 1.96 bits per heavy atom. The normalized spacial score (nSPS) is 24.0. The van der Waals surface area contributed by atoms with Crippen LogP contribution in [0.3, 0.4) is 0 Å². The number of carbonyl (C=O) groups is 1. The van der Waals surface area contributed by atoms with Gasteiger partial charge in [0.05, 0.1) is 16.0 Å². The van der Waals surface area contributed by atoms with Crippen LogP contribution in [0.25, 0.3) is 10.8 Å². The molecule has 0 bridgehead atoms. The number of aromatic nitrogens is 1. The molecular weight excluding hydrogens is 366 g/mol. The SMILES string of the molecule is O=C(O)N1CCC2C1CCN2S(=O)(=O)c1cccc2cncc(Cl)c12. The summed E-state index contributed by atoms with van der Waals surface area (Å²) in [6, 6.07) is 4.37. The van der Waals surface area contributed by atoms with Gasteiger partial charge in [-0.3, -0.25) is 4.98 Å². The molecule has 9 heteroatoms. The molecule has 1 aromatic carbocycles. The Morgan fingerprint density at radius 3 is 2.72 bits per heavy atom. The molecule has 2 aliphatic rings. The first-order valence-corrected chi connectivity index (χ1v) is 9.76. The number of amides is 1. The molecule has 2 saturated heterocycles. The minimum Gasteiger partial charge on any atom is -0.465 e. The van der Waals surface area contributed by atoms with Crippen LogP contribution in [0.5, 0.6) is 0 Å². The van der Waals surface area contributed by atoms with Crippen molar-refractivity contribution in [1.29, 1.82) is 0 Å². The summed E-state index contributed by atoms with van der Waals surface area (Å²) in [4.78, 5) is 16.8. The summed E-state index contributed by atoms with van der Waals surface area (Å²) in [5.74, 6) is 0. The molecule has 0 spiro atoms. The Hall–Kier alpha value is -1.90. The van der Waals surface area contributed by atoms with Crippen LogP contribution >= 0.6 is 11.6 Å². The summed E-state index contributed by atoms with van der Waals surface area (Å²) in [5.41, 5.74) is 0. The van der Waals surface area contributed by atoms with E-state index in [1.165, 1.54) is 15.4 Å². The van der Waals surface area contributed by atoms with Gasteiger partial charge >= 0.3 is 6.09 Å². The summed E-state index contributed by atoms with van der Waals surface area (Å²) >= 11 is 6.22. The van der Waals surface area contributed by atoms with Gasteiger partial charge in [0.2, 0.25) is 10.0 Å². The number of nitrogens with zero attached hydrogens (tertiary/aromatic N) is 3. The van der Waals surface area contributed by atoms with Crippen molar-refractivity contribution >= 4 is 38.5 Å². The highest BCUT2D eigenvalue weighted by molar-refractivity contribution is 7.89. The molecule has 4 rings (SSSR count). The monoisotopic (exact) mass is 381 g/mol. The maximum absolute atomic E-state index is 13.3. The first kappa shape index (κ1) is 16.6. The molecule has 2 atom stereocenters. The fraction of sp³-hybridized carbons (Fsp3) is 0.375. The van der Waals surface area contributed by atoms with Gasteiger partial charge in [0.1, 0.15) is 0 Å². The number of rotatable bonds is 2. The Balaban J connectivity index is 1.78.